The SMILES string of the molecule is CNc1ncnc2nc(CN(C)C)ccc12. The monoisotopic (exact) mass is 217 g/mol. The molecule has 0 atom stereocenters. The number of hydrogen-bond donors (Lipinski definition) is 1. The number of nitrogens with one attached hydrogen (secondary N) is 1. The maximum absolute atomic E-state index is 4.49. The van der Waals surface area contributed by atoms with Crippen molar-refractivity contribution in [2.24, 2.45) is 0 Å². The molecular weight excluding hydrogens is 202 g/mol. The quantitative estimate of drug-likeness (QED) is 0.835. The van der Waals surface area contributed by atoms with Gasteiger partial charge in [-0.2, -0.15) is 0 Å². The summed E-state index contributed by atoms with van der Waals surface area (Å²) in [6.07, 6.45) is 1.53. The van der Waals surface area contributed by atoms with E-state index in [0.29, 0.717) is 0 Å². The molecule has 16 heavy (non-hydrogen) atoms. The normalized spacial score (nSPS) is 11.0. The van der Waals surface area contributed by atoms with Crippen molar-refractivity contribution in [1.82, 2.24) is 19.9 Å². The summed E-state index contributed by atoms with van der Waals surface area (Å²) in [5.74, 6) is 0.814. The first-order chi connectivity index (χ1) is 7.70. The molecule has 0 fully saturated rings. The van der Waals surface area contributed by atoms with E-state index in [2.05, 4.69) is 25.2 Å². The van der Waals surface area contributed by atoms with E-state index in [1.807, 2.05) is 33.3 Å². The van der Waals surface area contributed by atoms with Gasteiger partial charge in [0.1, 0.15) is 12.1 Å². The fourth-order valence-corrected chi connectivity index (χ4v) is 1.59. The van der Waals surface area contributed by atoms with Crippen LogP contribution in [0.1, 0.15) is 5.69 Å². The zero-order chi connectivity index (χ0) is 11.5. The Labute approximate surface area is 94.5 Å². The molecule has 5 nitrogen and oxygen atoms in total. The van der Waals surface area contributed by atoms with Crippen molar-refractivity contribution < 1.29 is 0 Å². The lowest BCUT2D eigenvalue weighted by atomic mass is 10.2. The smallest absolute Gasteiger partial charge is 0.164 e. The Morgan fingerprint density at radius 1 is 1.25 bits per heavy atom. The number of rotatable bonds is 3. The molecule has 5 heteroatoms. The van der Waals surface area contributed by atoms with Gasteiger partial charge in [0.25, 0.3) is 0 Å². The van der Waals surface area contributed by atoms with Gasteiger partial charge in [-0.15, -0.1) is 0 Å². The molecule has 0 bridgehead atoms. The molecule has 0 radical (unpaired) electrons. The molecule has 2 rings (SSSR count). The van der Waals surface area contributed by atoms with Crippen LogP contribution in [0.4, 0.5) is 5.82 Å². The third kappa shape index (κ3) is 2.09. The first-order valence-corrected chi connectivity index (χ1v) is 5.14. The molecule has 0 aromatic carbocycles. The van der Waals surface area contributed by atoms with Gasteiger partial charge in [-0.1, -0.05) is 0 Å². The number of pyridine rings is 1. The Kier molecular flexibility index (Phi) is 2.96. The van der Waals surface area contributed by atoms with Crippen LogP contribution in [0.5, 0.6) is 0 Å². The summed E-state index contributed by atoms with van der Waals surface area (Å²) >= 11 is 0. The minimum Gasteiger partial charge on any atom is -0.372 e. The van der Waals surface area contributed by atoms with E-state index in [1.54, 1.807) is 0 Å². The second-order valence-corrected chi connectivity index (χ2v) is 3.88. The summed E-state index contributed by atoms with van der Waals surface area (Å²) in [4.78, 5) is 14.9. The molecule has 2 aromatic heterocycles. The van der Waals surface area contributed by atoms with Crippen LogP contribution in [0.25, 0.3) is 11.0 Å². The number of aromatic nitrogens is 3. The molecule has 2 heterocycles. The summed E-state index contributed by atoms with van der Waals surface area (Å²) in [5.41, 5.74) is 1.75. The number of hydrogen-bond acceptors (Lipinski definition) is 5. The Bertz CT molecular complexity index is 495. The average Bonchev–Trinajstić information content (AvgIpc) is 2.27. The number of anilines is 1. The van der Waals surface area contributed by atoms with Gasteiger partial charge in [0.05, 0.1) is 11.1 Å². The minimum absolute atomic E-state index is 0.735. The zero-order valence-corrected chi connectivity index (χ0v) is 9.73. The number of nitrogens with zero attached hydrogens (tertiary/aromatic N) is 4. The summed E-state index contributed by atoms with van der Waals surface area (Å²) < 4.78 is 0. The first kappa shape index (κ1) is 10.8. The van der Waals surface area contributed by atoms with E-state index in [-0.39, 0.29) is 0 Å². The van der Waals surface area contributed by atoms with Crippen LogP contribution in [0.2, 0.25) is 0 Å². The highest BCUT2D eigenvalue weighted by atomic mass is 15.1. The standard InChI is InChI=1S/C11H15N5/c1-12-10-9-5-4-8(6-16(2)3)15-11(9)14-7-13-10/h4-5,7H,6H2,1-3H3,(H,12,13,14,15). The second kappa shape index (κ2) is 4.40. The van der Waals surface area contributed by atoms with Gasteiger partial charge < -0.3 is 10.2 Å². The van der Waals surface area contributed by atoms with Crippen LogP contribution in [0.3, 0.4) is 0 Å². The third-order valence-corrected chi connectivity index (χ3v) is 2.27. The van der Waals surface area contributed by atoms with Gasteiger partial charge in [-0.05, 0) is 26.2 Å². The maximum Gasteiger partial charge on any atom is 0.164 e. The summed E-state index contributed by atoms with van der Waals surface area (Å²) in [5, 5.41) is 3.98. The molecular formula is C11H15N5. The fraction of sp³-hybridized carbons (Fsp3) is 0.364. The average molecular weight is 217 g/mol. The van der Waals surface area contributed by atoms with E-state index in [0.717, 1.165) is 29.1 Å². The van der Waals surface area contributed by atoms with Gasteiger partial charge in [0, 0.05) is 13.6 Å². The number of fused-ring (bicyclic) bond motifs is 1. The zero-order valence-electron chi connectivity index (χ0n) is 9.73. The Balaban J connectivity index is 2.47. The largest absolute Gasteiger partial charge is 0.372 e. The molecule has 0 spiro atoms. The summed E-state index contributed by atoms with van der Waals surface area (Å²) in [6.45, 7) is 0.814. The lowest BCUT2D eigenvalue weighted by Gasteiger charge is -2.09. The van der Waals surface area contributed by atoms with Crippen LogP contribution < -0.4 is 5.32 Å². The van der Waals surface area contributed by atoms with E-state index in [1.165, 1.54) is 6.33 Å². The molecule has 0 aliphatic heterocycles. The topological polar surface area (TPSA) is 53.9 Å². The fourth-order valence-electron chi connectivity index (χ4n) is 1.59. The van der Waals surface area contributed by atoms with Gasteiger partial charge in [0.15, 0.2) is 5.65 Å². The highest BCUT2D eigenvalue weighted by Crippen LogP contribution is 2.17. The highest BCUT2D eigenvalue weighted by molar-refractivity contribution is 5.85. The third-order valence-electron chi connectivity index (χ3n) is 2.27. The predicted molar refractivity (Wildman–Crippen MR) is 64.3 cm³/mol. The van der Waals surface area contributed by atoms with Crippen LogP contribution in [0, 0.1) is 0 Å². The predicted octanol–water partition coefficient (Wildman–Crippen LogP) is 1.13. The van der Waals surface area contributed by atoms with E-state index >= 15 is 0 Å². The minimum atomic E-state index is 0.735. The highest BCUT2D eigenvalue weighted by Gasteiger charge is 2.04. The van der Waals surface area contributed by atoms with Gasteiger partial charge in [0.2, 0.25) is 0 Å². The Morgan fingerprint density at radius 2 is 2.06 bits per heavy atom. The summed E-state index contributed by atoms with van der Waals surface area (Å²) in [7, 11) is 5.88. The van der Waals surface area contributed by atoms with E-state index in [9.17, 15) is 0 Å². The Morgan fingerprint density at radius 3 is 2.75 bits per heavy atom. The van der Waals surface area contributed by atoms with Crippen molar-refractivity contribution in [3.05, 3.63) is 24.2 Å². The molecule has 1 N–H and O–H groups in total. The summed E-state index contributed by atoms with van der Waals surface area (Å²) in [6, 6.07) is 4.01. The second-order valence-electron chi connectivity index (χ2n) is 3.88. The van der Waals surface area contributed by atoms with Gasteiger partial charge >= 0.3 is 0 Å². The van der Waals surface area contributed by atoms with Crippen molar-refractivity contribution in [1.29, 1.82) is 0 Å². The molecule has 0 saturated carbocycles. The van der Waals surface area contributed by atoms with E-state index in [4.69, 9.17) is 0 Å². The molecule has 0 saturated heterocycles. The van der Waals surface area contributed by atoms with Gasteiger partial charge in [-0.3, -0.25) is 0 Å². The van der Waals surface area contributed by atoms with E-state index < -0.39 is 0 Å². The lowest BCUT2D eigenvalue weighted by molar-refractivity contribution is 0.397. The van der Waals surface area contributed by atoms with Crippen molar-refractivity contribution >= 4 is 16.9 Å². The molecule has 84 valence electrons. The van der Waals surface area contributed by atoms with Crippen molar-refractivity contribution in [2.45, 2.75) is 6.54 Å². The van der Waals surface area contributed by atoms with Crippen LogP contribution in [0.15, 0.2) is 18.5 Å². The maximum atomic E-state index is 4.49. The molecule has 0 aliphatic carbocycles. The van der Waals surface area contributed by atoms with Crippen LogP contribution in [-0.4, -0.2) is 41.0 Å². The van der Waals surface area contributed by atoms with Crippen molar-refractivity contribution in [3.8, 4) is 0 Å². The van der Waals surface area contributed by atoms with Crippen molar-refractivity contribution in [3.63, 3.8) is 0 Å². The Hall–Kier alpha value is -1.75. The van der Waals surface area contributed by atoms with Gasteiger partial charge in [-0.25, -0.2) is 15.0 Å². The molecule has 0 amide bonds. The van der Waals surface area contributed by atoms with Crippen LogP contribution in [-0.2, 0) is 6.54 Å². The molecule has 2 aromatic rings. The molecule has 0 aliphatic rings. The van der Waals surface area contributed by atoms with Crippen molar-refractivity contribution in [2.75, 3.05) is 26.5 Å². The first-order valence-electron chi connectivity index (χ1n) is 5.14. The molecule has 0 unspecified atom stereocenters. The lowest BCUT2D eigenvalue weighted by Crippen LogP contribution is -2.12. The van der Waals surface area contributed by atoms with Crippen LogP contribution >= 0.6 is 0 Å².